The summed E-state index contributed by atoms with van der Waals surface area (Å²) in [4.78, 5) is 13.0. The van der Waals surface area contributed by atoms with Crippen molar-refractivity contribution in [3.05, 3.63) is 0 Å². The van der Waals surface area contributed by atoms with Crippen molar-refractivity contribution in [2.75, 3.05) is 32.7 Å². The average Bonchev–Trinajstić information content (AvgIpc) is 2.74. The number of hydrogen-bond donors (Lipinski definition) is 5. The largest absolute Gasteiger partial charge is 0.388 e. The van der Waals surface area contributed by atoms with Crippen molar-refractivity contribution >= 4 is 17.7 Å². The fourth-order valence-corrected chi connectivity index (χ4v) is 4.69. The Morgan fingerprint density at radius 3 is 2.67 bits per heavy atom. The van der Waals surface area contributed by atoms with E-state index in [1.165, 1.54) is 11.8 Å². The molecule has 2 aliphatic heterocycles. The highest BCUT2D eigenvalue weighted by atomic mass is 32.2. The summed E-state index contributed by atoms with van der Waals surface area (Å²) in [6.45, 7) is 4.98. The number of thioether (sulfide) groups is 1. The van der Waals surface area contributed by atoms with Crippen molar-refractivity contribution in [2.45, 2.75) is 75.0 Å². The van der Waals surface area contributed by atoms with Crippen molar-refractivity contribution in [3.8, 4) is 0 Å². The second-order valence-corrected chi connectivity index (χ2v) is 9.41. The molecule has 0 saturated carbocycles. The molecule has 1 amide bonds. The smallest absolute Gasteiger partial charge is 0.237 e. The van der Waals surface area contributed by atoms with E-state index in [1.807, 2.05) is 13.8 Å². The highest BCUT2D eigenvalue weighted by Crippen LogP contribution is 2.30. The first-order chi connectivity index (χ1) is 14.3. The first-order valence-corrected chi connectivity index (χ1v) is 12.0. The molecule has 0 aliphatic carbocycles. The number of rotatable bonds is 10. The number of amides is 1. The van der Waals surface area contributed by atoms with E-state index >= 15 is 0 Å². The molecule has 2 heterocycles. The third-order valence-corrected chi connectivity index (χ3v) is 6.68. The lowest BCUT2D eigenvalue weighted by atomic mass is 9.88. The number of carbonyl (C=O) groups excluding carboxylic acids is 1. The summed E-state index contributed by atoms with van der Waals surface area (Å²) in [6.07, 6.45) is -1.08. The quantitative estimate of drug-likeness (QED) is 0.295. The van der Waals surface area contributed by atoms with Gasteiger partial charge < -0.3 is 35.4 Å². The minimum absolute atomic E-state index is 0.0676. The van der Waals surface area contributed by atoms with Gasteiger partial charge >= 0.3 is 0 Å². The molecule has 30 heavy (non-hydrogen) atoms. The molecule has 176 valence electrons. The second kappa shape index (κ2) is 12.5. The Kier molecular flexibility index (Phi) is 10.8. The first-order valence-electron chi connectivity index (χ1n) is 10.7. The number of nitrogens with one attached hydrogen (secondary N) is 2. The molecule has 0 spiro atoms. The van der Waals surface area contributed by atoms with Gasteiger partial charge in [0.25, 0.3) is 0 Å². The molecule has 2 rings (SSSR count). The Labute approximate surface area is 182 Å². The lowest BCUT2D eigenvalue weighted by molar-refractivity contribution is -0.208. The topological polar surface area (TPSA) is 120 Å². The lowest BCUT2D eigenvalue weighted by Gasteiger charge is -2.44. The summed E-state index contributed by atoms with van der Waals surface area (Å²) >= 11 is 1.24. The monoisotopic (exact) mass is 452 g/mol. The summed E-state index contributed by atoms with van der Waals surface area (Å²) in [5.41, 5.74) is -0.690. The minimum atomic E-state index is -1.35. The molecule has 0 radical (unpaired) electrons. The van der Waals surface area contributed by atoms with E-state index in [-0.39, 0.29) is 17.7 Å². The molecule has 8 nitrogen and oxygen atoms in total. The van der Waals surface area contributed by atoms with Crippen LogP contribution >= 0.6 is 11.8 Å². The van der Waals surface area contributed by atoms with E-state index in [0.717, 1.165) is 6.42 Å². The summed E-state index contributed by atoms with van der Waals surface area (Å²) in [6, 6.07) is -0.936. The van der Waals surface area contributed by atoms with Gasteiger partial charge in [0.05, 0.1) is 18.8 Å². The van der Waals surface area contributed by atoms with Crippen LogP contribution in [-0.2, 0) is 14.3 Å². The van der Waals surface area contributed by atoms with Gasteiger partial charge in [-0.3, -0.25) is 9.18 Å². The van der Waals surface area contributed by atoms with Crippen LogP contribution in [0.4, 0.5) is 4.39 Å². The van der Waals surface area contributed by atoms with Crippen LogP contribution in [0, 0.1) is 11.8 Å². The third kappa shape index (κ3) is 6.75. The SMILES string of the molecule is CS[C@@H]1O[C@@H](C(NC(=O)C2CC(COCCCF)CCN2)C(C)C)[C@@H](O)[C@@H](O)[C@@H]1O. The molecule has 2 saturated heterocycles. The van der Waals surface area contributed by atoms with Gasteiger partial charge in [0.1, 0.15) is 29.9 Å². The number of halogens is 1. The van der Waals surface area contributed by atoms with Gasteiger partial charge in [0.2, 0.25) is 5.91 Å². The van der Waals surface area contributed by atoms with Crippen molar-refractivity contribution in [3.63, 3.8) is 0 Å². The highest BCUT2D eigenvalue weighted by Gasteiger charge is 2.47. The van der Waals surface area contributed by atoms with Crippen LogP contribution in [0.5, 0.6) is 0 Å². The zero-order valence-electron chi connectivity index (χ0n) is 18.0. The number of alkyl halides is 1. The van der Waals surface area contributed by atoms with Crippen molar-refractivity contribution in [1.29, 1.82) is 0 Å². The zero-order chi connectivity index (χ0) is 22.3. The molecule has 3 unspecified atom stereocenters. The first kappa shape index (κ1) is 25.8. The lowest BCUT2D eigenvalue weighted by Crippen LogP contribution is -2.65. The predicted molar refractivity (Wildman–Crippen MR) is 113 cm³/mol. The van der Waals surface area contributed by atoms with Gasteiger partial charge in [-0.25, -0.2) is 0 Å². The number of aliphatic hydroxyl groups is 3. The van der Waals surface area contributed by atoms with E-state index in [1.54, 1.807) is 6.26 Å². The van der Waals surface area contributed by atoms with Gasteiger partial charge in [-0.2, -0.15) is 0 Å². The van der Waals surface area contributed by atoms with Gasteiger partial charge in [-0.05, 0) is 43.9 Å². The van der Waals surface area contributed by atoms with E-state index in [0.29, 0.717) is 32.6 Å². The van der Waals surface area contributed by atoms with Gasteiger partial charge in [-0.15, -0.1) is 11.8 Å². The summed E-state index contributed by atoms with van der Waals surface area (Å²) < 4.78 is 23.6. The van der Waals surface area contributed by atoms with Crippen molar-refractivity contribution in [2.24, 2.45) is 11.8 Å². The fourth-order valence-electron chi connectivity index (χ4n) is 4.01. The third-order valence-electron chi connectivity index (χ3n) is 5.82. The van der Waals surface area contributed by atoms with E-state index in [4.69, 9.17) is 9.47 Å². The summed E-state index contributed by atoms with van der Waals surface area (Å²) in [5, 5.41) is 37.0. The normalized spacial score (nSPS) is 35.9. The molecule has 10 heteroatoms. The predicted octanol–water partition coefficient (Wildman–Crippen LogP) is 0.0422. The van der Waals surface area contributed by atoms with Gasteiger partial charge in [0, 0.05) is 13.2 Å². The molecule has 5 N–H and O–H groups in total. The Morgan fingerprint density at radius 2 is 2.03 bits per heavy atom. The standard InChI is InChI=1S/C20H37FN2O6S/c1-11(2)14(18-16(25)15(24)17(26)20(29-18)30-3)23-19(27)13-9-12(5-7-22-13)10-28-8-4-6-21/h11-18,20,22,24-26H,4-10H2,1-3H3,(H,23,27)/t12?,13?,14?,15-,16+,17+,18+,20+/m1/s1. The van der Waals surface area contributed by atoms with Crippen LogP contribution in [0.2, 0.25) is 0 Å². The maximum Gasteiger partial charge on any atom is 0.237 e. The van der Waals surface area contributed by atoms with Crippen LogP contribution in [0.15, 0.2) is 0 Å². The maximum atomic E-state index is 13.0. The molecule has 2 fully saturated rings. The van der Waals surface area contributed by atoms with E-state index in [2.05, 4.69) is 10.6 Å². The highest BCUT2D eigenvalue weighted by molar-refractivity contribution is 7.99. The van der Waals surface area contributed by atoms with Crippen LogP contribution in [0.25, 0.3) is 0 Å². The number of aliphatic hydroxyl groups excluding tert-OH is 3. The molecular weight excluding hydrogens is 415 g/mol. The zero-order valence-corrected chi connectivity index (χ0v) is 18.8. The molecule has 0 aromatic rings. The maximum absolute atomic E-state index is 13.0. The van der Waals surface area contributed by atoms with Crippen molar-refractivity contribution in [1.82, 2.24) is 10.6 Å². The summed E-state index contributed by atoms with van der Waals surface area (Å²) in [7, 11) is 0. The molecule has 8 atom stereocenters. The molecule has 0 aromatic carbocycles. The van der Waals surface area contributed by atoms with E-state index < -0.39 is 48.6 Å². The summed E-state index contributed by atoms with van der Waals surface area (Å²) in [5.74, 6) is -0.0466. The molecule has 0 aromatic heterocycles. The Morgan fingerprint density at radius 1 is 1.30 bits per heavy atom. The molecular formula is C20H37FN2O6S. The van der Waals surface area contributed by atoms with Crippen LogP contribution in [0.1, 0.15) is 33.1 Å². The second-order valence-electron chi connectivity index (χ2n) is 8.47. The van der Waals surface area contributed by atoms with Crippen LogP contribution in [-0.4, -0.2) is 95.9 Å². The van der Waals surface area contributed by atoms with Crippen LogP contribution in [0.3, 0.4) is 0 Å². The minimum Gasteiger partial charge on any atom is -0.388 e. The fraction of sp³-hybridized carbons (Fsp3) is 0.950. The Bertz CT molecular complexity index is 530. The van der Waals surface area contributed by atoms with Crippen LogP contribution < -0.4 is 10.6 Å². The molecule has 0 bridgehead atoms. The average molecular weight is 453 g/mol. The Hall–Kier alpha value is -0.490. The van der Waals surface area contributed by atoms with Crippen molar-refractivity contribution < 1.29 is 34.0 Å². The number of hydrogen-bond acceptors (Lipinski definition) is 8. The van der Waals surface area contributed by atoms with E-state index in [9.17, 15) is 24.5 Å². The Balaban J connectivity index is 1.97. The van der Waals surface area contributed by atoms with Gasteiger partial charge in [-0.1, -0.05) is 13.8 Å². The van der Waals surface area contributed by atoms with Gasteiger partial charge in [0.15, 0.2) is 0 Å². The number of piperidine rings is 1. The number of carbonyl (C=O) groups is 1. The number of ether oxygens (including phenoxy) is 2. The molecule has 2 aliphatic rings.